The third-order valence-corrected chi connectivity index (χ3v) is 3.01. The zero-order valence-electron chi connectivity index (χ0n) is 10.8. The molecule has 2 rings (SSSR count). The molecule has 0 aliphatic rings. The van der Waals surface area contributed by atoms with Gasteiger partial charge in [-0.25, -0.2) is 4.98 Å². The van der Waals surface area contributed by atoms with Crippen molar-refractivity contribution in [1.29, 1.82) is 0 Å². The number of aromatic nitrogens is 2. The Morgan fingerprint density at radius 1 is 1.26 bits per heavy atom. The highest BCUT2D eigenvalue weighted by Crippen LogP contribution is 2.13. The van der Waals surface area contributed by atoms with Crippen molar-refractivity contribution in [2.45, 2.75) is 20.1 Å². The largest absolute Gasteiger partial charge is 0.472 e. The molecule has 0 atom stereocenters. The highest BCUT2D eigenvalue weighted by atomic mass is 79.9. The highest BCUT2D eigenvalue weighted by Gasteiger charge is 2.00. The molecule has 2 aromatic rings. The fourth-order valence-corrected chi connectivity index (χ4v) is 1.99. The molecule has 4 nitrogen and oxygen atoms in total. The maximum absolute atomic E-state index is 5.59. The van der Waals surface area contributed by atoms with Crippen LogP contribution in [0.25, 0.3) is 0 Å². The van der Waals surface area contributed by atoms with Gasteiger partial charge < -0.3 is 10.1 Å². The van der Waals surface area contributed by atoms with Gasteiger partial charge in [0.25, 0.3) is 0 Å². The second kappa shape index (κ2) is 7.21. The number of nitrogens with zero attached hydrogens (tertiary/aromatic N) is 2. The lowest BCUT2D eigenvalue weighted by Gasteiger charge is -2.06. The Kier molecular flexibility index (Phi) is 5.30. The molecule has 0 bridgehead atoms. The van der Waals surface area contributed by atoms with Crippen molar-refractivity contribution in [3.63, 3.8) is 0 Å². The minimum absolute atomic E-state index is 0.487. The van der Waals surface area contributed by atoms with Gasteiger partial charge in [0.1, 0.15) is 6.61 Å². The number of hydrogen-bond acceptors (Lipinski definition) is 4. The SMILES string of the molecule is CCNCc1cnc(OCc2cccc(Br)c2)cn1. The summed E-state index contributed by atoms with van der Waals surface area (Å²) in [5.74, 6) is 0.542. The van der Waals surface area contributed by atoms with E-state index in [1.807, 2.05) is 24.3 Å². The summed E-state index contributed by atoms with van der Waals surface area (Å²) in [5.41, 5.74) is 2.00. The first-order valence-electron chi connectivity index (χ1n) is 6.17. The van der Waals surface area contributed by atoms with Crippen molar-refractivity contribution in [3.05, 3.63) is 52.4 Å². The summed E-state index contributed by atoms with van der Waals surface area (Å²) in [4.78, 5) is 8.52. The monoisotopic (exact) mass is 321 g/mol. The molecule has 0 aliphatic carbocycles. The first-order valence-corrected chi connectivity index (χ1v) is 6.96. The van der Waals surface area contributed by atoms with E-state index >= 15 is 0 Å². The molecule has 0 amide bonds. The molecule has 1 aromatic heterocycles. The molecule has 0 aliphatic heterocycles. The van der Waals surface area contributed by atoms with Gasteiger partial charge >= 0.3 is 0 Å². The van der Waals surface area contributed by atoms with Gasteiger partial charge in [0.05, 0.1) is 18.1 Å². The van der Waals surface area contributed by atoms with Crippen LogP contribution in [0, 0.1) is 0 Å². The van der Waals surface area contributed by atoms with E-state index in [0.717, 1.165) is 28.8 Å². The first-order chi connectivity index (χ1) is 9.28. The minimum Gasteiger partial charge on any atom is -0.472 e. The Morgan fingerprint density at radius 3 is 2.84 bits per heavy atom. The van der Waals surface area contributed by atoms with Gasteiger partial charge in [0, 0.05) is 11.0 Å². The van der Waals surface area contributed by atoms with Crippen LogP contribution in [-0.2, 0) is 13.2 Å². The summed E-state index contributed by atoms with van der Waals surface area (Å²) >= 11 is 3.43. The fraction of sp³-hybridized carbons (Fsp3) is 0.286. The molecular formula is C14H16BrN3O. The number of ether oxygens (including phenoxy) is 1. The second-order valence-corrected chi connectivity index (χ2v) is 4.96. The van der Waals surface area contributed by atoms with Crippen molar-refractivity contribution in [1.82, 2.24) is 15.3 Å². The lowest BCUT2D eigenvalue weighted by Crippen LogP contribution is -2.13. The van der Waals surface area contributed by atoms with Crippen LogP contribution in [0.4, 0.5) is 0 Å². The molecule has 0 saturated carbocycles. The quantitative estimate of drug-likeness (QED) is 0.888. The number of hydrogen-bond donors (Lipinski definition) is 1. The molecule has 19 heavy (non-hydrogen) atoms. The molecule has 0 spiro atoms. The van der Waals surface area contributed by atoms with Gasteiger partial charge in [-0.2, -0.15) is 0 Å². The lowest BCUT2D eigenvalue weighted by molar-refractivity contribution is 0.292. The van der Waals surface area contributed by atoms with E-state index in [1.54, 1.807) is 12.4 Å². The van der Waals surface area contributed by atoms with E-state index in [-0.39, 0.29) is 0 Å². The van der Waals surface area contributed by atoms with Crippen LogP contribution < -0.4 is 10.1 Å². The second-order valence-electron chi connectivity index (χ2n) is 4.04. The van der Waals surface area contributed by atoms with Gasteiger partial charge in [-0.1, -0.05) is 35.0 Å². The number of nitrogens with one attached hydrogen (secondary N) is 1. The van der Waals surface area contributed by atoms with Crippen LogP contribution >= 0.6 is 15.9 Å². The number of rotatable bonds is 6. The zero-order valence-corrected chi connectivity index (χ0v) is 12.4. The zero-order chi connectivity index (χ0) is 13.5. The molecule has 0 saturated heterocycles. The number of benzene rings is 1. The summed E-state index contributed by atoms with van der Waals surface area (Å²) in [7, 11) is 0. The Labute approximate surface area is 121 Å². The molecule has 0 fully saturated rings. The smallest absolute Gasteiger partial charge is 0.232 e. The Bertz CT molecular complexity index is 516. The summed E-state index contributed by atoms with van der Waals surface area (Å²) in [5, 5.41) is 3.20. The van der Waals surface area contributed by atoms with Crippen molar-refractivity contribution in [2.75, 3.05) is 6.54 Å². The summed E-state index contributed by atoms with van der Waals surface area (Å²) in [6.45, 7) is 4.20. The van der Waals surface area contributed by atoms with Crippen LogP contribution in [0.5, 0.6) is 5.88 Å². The van der Waals surface area contributed by atoms with Crippen LogP contribution in [0.2, 0.25) is 0 Å². The summed E-state index contributed by atoms with van der Waals surface area (Å²) in [6, 6.07) is 8.00. The van der Waals surface area contributed by atoms with Gasteiger partial charge in [-0.05, 0) is 24.2 Å². The third kappa shape index (κ3) is 4.61. The summed E-state index contributed by atoms with van der Waals surface area (Å²) < 4.78 is 6.63. The maximum atomic E-state index is 5.59. The molecular weight excluding hydrogens is 306 g/mol. The average Bonchev–Trinajstić information content (AvgIpc) is 2.44. The Hall–Kier alpha value is -1.46. The van der Waals surface area contributed by atoms with Crippen LogP contribution in [0.3, 0.4) is 0 Å². The maximum Gasteiger partial charge on any atom is 0.232 e. The first kappa shape index (κ1) is 14.0. The van der Waals surface area contributed by atoms with E-state index in [9.17, 15) is 0 Å². The van der Waals surface area contributed by atoms with Crippen molar-refractivity contribution >= 4 is 15.9 Å². The molecule has 1 aromatic carbocycles. The predicted octanol–water partition coefficient (Wildman–Crippen LogP) is 2.93. The summed E-state index contributed by atoms with van der Waals surface area (Å²) in [6.07, 6.45) is 3.39. The molecule has 1 N–H and O–H groups in total. The van der Waals surface area contributed by atoms with E-state index < -0.39 is 0 Å². The topological polar surface area (TPSA) is 47.0 Å². The third-order valence-electron chi connectivity index (χ3n) is 2.51. The molecule has 100 valence electrons. The molecule has 0 radical (unpaired) electrons. The van der Waals surface area contributed by atoms with Crippen molar-refractivity contribution in [3.8, 4) is 5.88 Å². The van der Waals surface area contributed by atoms with Crippen LogP contribution in [0.15, 0.2) is 41.1 Å². The fourth-order valence-electron chi connectivity index (χ4n) is 1.55. The highest BCUT2D eigenvalue weighted by molar-refractivity contribution is 9.10. The van der Waals surface area contributed by atoms with Gasteiger partial charge in [0.2, 0.25) is 5.88 Å². The minimum atomic E-state index is 0.487. The standard InChI is InChI=1S/C14H16BrN3O/c1-2-16-7-13-8-18-14(9-17-13)19-10-11-4-3-5-12(15)6-11/h3-6,8-9,16H,2,7,10H2,1H3. The molecule has 5 heteroatoms. The Balaban J connectivity index is 1.89. The van der Waals surface area contributed by atoms with E-state index in [0.29, 0.717) is 12.5 Å². The van der Waals surface area contributed by atoms with Crippen molar-refractivity contribution < 1.29 is 4.74 Å². The van der Waals surface area contributed by atoms with E-state index in [4.69, 9.17) is 4.74 Å². The van der Waals surface area contributed by atoms with E-state index in [1.165, 1.54) is 0 Å². The molecule has 0 unspecified atom stereocenters. The molecule has 1 heterocycles. The Morgan fingerprint density at radius 2 is 2.16 bits per heavy atom. The van der Waals surface area contributed by atoms with Crippen molar-refractivity contribution in [2.24, 2.45) is 0 Å². The normalized spacial score (nSPS) is 10.4. The van der Waals surface area contributed by atoms with E-state index in [2.05, 4.69) is 38.1 Å². The number of halogens is 1. The van der Waals surface area contributed by atoms with Crippen LogP contribution in [0.1, 0.15) is 18.2 Å². The van der Waals surface area contributed by atoms with Gasteiger partial charge in [0.15, 0.2) is 0 Å². The van der Waals surface area contributed by atoms with Gasteiger partial charge in [-0.3, -0.25) is 4.98 Å². The average molecular weight is 322 g/mol. The van der Waals surface area contributed by atoms with Crippen LogP contribution in [-0.4, -0.2) is 16.5 Å². The lowest BCUT2D eigenvalue weighted by atomic mass is 10.2. The predicted molar refractivity (Wildman–Crippen MR) is 77.9 cm³/mol. The van der Waals surface area contributed by atoms with Gasteiger partial charge in [-0.15, -0.1) is 0 Å².